The van der Waals surface area contributed by atoms with Gasteiger partial charge in [0.25, 0.3) is 5.91 Å². The monoisotopic (exact) mass is 450 g/mol. The summed E-state index contributed by atoms with van der Waals surface area (Å²) < 4.78 is 14.0. The molecule has 0 saturated carbocycles. The number of methoxy groups -OCH3 is 2. The lowest BCUT2D eigenvalue weighted by atomic mass is 10.1. The molecule has 0 aliphatic rings. The molecule has 166 valence electrons. The molecule has 0 unspecified atom stereocenters. The molecule has 32 heavy (non-hydrogen) atoms. The first kappa shape index (κ1) is 21.8. The zero-order valence-corrected chi connectivity index (χ0v) is 19.5. The Labute approximate surface area is 191 Å². The van der Waals surface area contributed by atoms with Crippen LogP contribution in [0.1, 0.15) is 27.9 Å². The average molecular weight is 451 g/mol. The fourth-order valence-corrected chi connectivity index (χ4v) is 4.84. The Bertz CT molecular complexity index is 1230. The molecule has 7 nitrogen and oxygen atoms in total. The van der Waals surface area contributed by atoms with E-state index in [1.54, 1.807) is 49.8 Å². The Hall–Kier alpha value is -3.39. The largest absolute Gasteiger partial charge is 0.493 e. The van der Waals surface area contributed by atoms with Crippen molar-refractivity contribution in [3.8, 4) is 11.5 Å². The highest BCUT2D eigenvalue weighted by Crippen LogP contribution is 2.36. The van der Waals surface area contributed by atoms with Gasteiger partial charge < -0.3 is 14.0 Å². The van der Waals surface area contributed by atoms with E-state index in [9.17, 15) is 4.79 Å². The van der Waals surface area contributed by atoms with Crippen LogP contribution in [-0.2, 0) is 6.54 Å². The van der Waals surface area contributed by atoms with Crippen molar-refractivity contribution in [1.29, 1.82) is 0 Å². The lowest BCUT2D eigenvalue weighted by Gasteiger charge is -2.22. The fraction of sp³-hybridized carbons (Fsp3) is 0.292. The van der Waals surface area contributed by atoms with Crippen LogP contribution in [0.5, 0.6) is 11.5 Å². The van der Waals surface area contributed by atoms with Crippen LogP contribution in [0.4, 0.5) is 5.13 Å². The van der Waals surface area contributed by atoms with Gasteiger partial charge in [0, 0.05) is 25.5 Å². The molecule has 0 atom stereocenters. The number of aromatic nitrogens is 3. The molecular weight excluding hydrogens is 424 g/mol. The van der Waals surface area contributed by atoms with Crippen LogP contribution in [-0.4, -0.2) is 41.2 Å². The Morgan fingerprint density at radius 1 is 1.19 bits per heavy atom. The predicted octanol–water partition coefficient (Wildman–Crippen LogP) is 4.86. The highest BCUT2D eigenvalue weighted by molar-refractivity contribution is 7.22. The normalized spacial score (nSPS) is 11.0. The maximum absolute atomic E-state index is 13.8. The second kappa shape index (κ2) is 9.40. The van der Waals surface area contributed by atoms with Crippen LogP contribution in [0.25, 0.3) is 10.2 Å². The number of thiazole rings is 1. The van der Waals surface area contributed by atoms with E-state index in [2.05, 4.69) is 31.0 Å². The van der Waals surface area contributed by atoms with Gasteiger partial charge in [-0.3, -0.25) is 9.69 Å². The minimum absolute atomic E-state index is 0.167. The van der Waals surface area contributed by atoms with E-state index in [0.717, 1.165) is 34.3 Å². The molecular formula is C24H26N4O3S. The van der Waals surface area contributed by atoms with Gasteiger partial charge in [0.1, 0.15) is 0 Å². The molecule has 2 aromatic heterocycles. The molecule has 0 N–H and O–H groups in total. The first-order valence-corrected chi connectivity index (χ1v) is 11.2. The van der Waals surface area contributed by atoms with Crippen LogP contribution in [0.15, 0.2) is 49.1 Å². The number of hydrogen-bond donors (Lipinski definition) is 0. The van der Waals surface area contributed by atoms with Gasteiger partial charge in [-0.25, -0.2) is 9.97 Å². The van der Waals surface area contributed by atoms with Crippen molar-refractivity contribution < 1.29 is 14.3 Å². The van der Waals surface area contributed by atoms with Crippen molar-refractivity contribution in [2.45, 2.75) is 26.8 Å². The van der Waals surface area contributed by atoms with Gasteiger partial charge in [-0.1, -0.05) is 23.5 Å². The van der Waals surface area contributed by atoms with E-state index in [-0.39, 0.29) is 5.91 Å². The molecule has 0 fully saturated rings. The third kappa shape index (κ3) is 4.31. The van der Waals surface area contributed by atoms with Gasteiger partial charge in [-0.05, 0) is 49.6 Å². The van der Waals surface area contributed by atoms with Crippen LogP contribution >= 0.6 is 11.3 Å². The number of para-hydroxylation sites is 1. The molecule has 1 amide bonds. The van der Waals surface area contributed by atoms with E-state index in [4.69, 9.17) is 14.5 Å². The molecule has 0 aliphatic heterocycles. The predicted molar refractivity (Wildman–Crippen MR) is 127 cm³/mol. The molecule has 4 aromatic rings. The summed E-state index contributed by atoms with van der Waals surface area (Å²) >= 11 is 1.54. The third-order valence-electron chi connectivity index (χ3n) is 5.28. The van der Waals surface area contributed by atoms with Crippen molar-refractivity contribution in [3.05, 3.63) is 65.7 Å². The number of rotatable bonds is 8. The van der Waals surface area contributed by atoms with E-state index < -0.39 is 0 Å². The van der Waals surface area contributed by atoms with E-state index in [0.29, 0.717) is 28.7 Å². The number of ether oxygens (including phenoxy) is 2. The summed E-state index contributed by atoms with van der Waals surface area (Å²) in [5, 5.41) is 0.675. The maximum atomic E-state index is 13.8. The second-order valence-electron chi connectivity index (χ2n) is 7.58. The Kier molecular flexibility index (Phi) is 6.41. The number of nitrogens with zero attached hydrogens (tertiary/aromatic N) is 4. The van der Waals surface area contributed by atoms with Crippen molar-refractivity contribution >= 4 is 32.6 Å². The Balaban J connectivity index is 1.72. The second-order valence-corrected chi connectivity index (χ2v) is 8.56. The highest BCUT2D eigenvalue weighted by Gasteiger charge is 2.25. The Morgan fingerprint density at radius 3 is 2.75 bits per heavy atom. The first-order chi connectivity index (χ1) is 15.5. The number of fused-ring (bicyclic) bond motifs is 1. The molecule has 2 aromatic carbocycles. The van der Waals surface area contributed by atoms with Crippen molar-refractivity contribution in [1.82, 2.24) is 14.5 Å². The van der Waals surface area contributed by atoms with E-state index >= 15 is 0 Å². The quantitative estimate of drug-likeness (QED) is 0.383. The van der Waals surface area contributed by atoms with E-state index in [1.807, 2.05) is 10.8 Å². The zero-order chi connectivity index (χ0) is 22.7. The molecule has 4 rings (SSSR count). The molecule has 0 aliphatic carbocycles. The smallest absolute Gasteiger partial charge is 0.263 e. The molecule has 0 spiro atoms. The number of aryl methyl sites for hydroxylation is 3. The van der Waals surface area contributed by atoms with Gasteiger partial charge >= 0.3 is 0 Å². The SMILES string of the molecule is COc1cccc(C(=O)N(CCCn2ccnc2)c2nc3cc(C)cc(C)c3s2)c1OC. The lowest BCUT2D eigenvalue weighted by Crippen LogP contribution is -2.32. The molecule has 2 heterocycles. The molecule has 0 bridgehead atoms. The van der Waals surface area contributed by atoms with Gasteiger partial charge in [0.15, 0.2) is 16.6 Å². The number of anilines is 1. The highest BCUT2D eigenvalue weighted by atomic mass is 32.1. The lowest BCUT2D eigenvalue weighted by molar-refractivity contribution is 0.0982. The van der Waals surface area contributed by atoms with Crippen LogP contribution < -0.4 is 14.4 Å². The minimum atomic E-state index is -0.167. The maximum Gasteiger partial charge on any atom is 0.263 e. The molecule has 8 heteroatoms. The standard InChI is InChI=1S/C24H26N4O3S/c1-16-13-17(2)22-19(14-16)26-24(32-22)28(11-6-10-27-12-9-25-15-27)23(29)18-7-5-8-20(30-3)21(18)31-4/h5,7-9,12-15H,6,10-11H2,1-4H3. The van der Waals surface area contributed by atoms with Crippen molar-refractivity contribution in [3.63, 3.8) is 0 Å². The summed E-state index contributed by atoms with van der Waals surface area (Å²) in [6.45, 7) is 5.39. The summed E-state index contributed by atoms with van der Waals surface area (Å²) in [6.07, 6.45) is 6.20. The van der Waals surface area contributed by atoms with Gasteiger partial charge in [-0.15, -0.1) is 0 Å². The average Bonchev–Trinajstić information content (AvgIpc) is 3.45. The van der Waals surface area contributed by atoms with Gasteiger partial charge in [0.05, 0.1) is 36.3 Å². The van der Waals surface area contributed by atoms with Crippen LogP contribution in [0, 0.1) is 13.8 Å². The molecule has 0 saturated heterocycles. The number of carbonyl (C=O) groups is 1. The summed E-state index contributed by atoms with van der Waals surface area (Å²) in [5.41, 5.74) is 3.67. The summed E-state index contributed by atoms with van der Waals surface area (Å²) in [6, 6.07) is 9.53. The third-order valence-corrected chi connectivity index (χ3v) is 6.50. The first-order valence-electron chi connectivity index (χ1n) is 10.4. The topological polar surface area (TPSA) is 69.5 Å². The summed E-state index contributed by atoms with van der Waals surface area (Å²) in [5.74, 6) is 0.778. The van der Waals surface area contributed by atoms with Gasteiger partial charge in [-0.2, -0.15) is 0 Å². The number of benzene rings is 2. The summed E-state index contributed by atoms with van der Waals surface area (Å²) in [4.78, 5) is 24.4. The number of amides is 1. The van der Waals surface area contributed by atoms with Crippen LogP contribution in [0.3, 0.4) is 0 Å². The number of carbonyl (C=O) groups excluding carboxylic acids is 1. The van der Waals surface area contributed by atoms with Crippen molar-refractivity contribution in [2.24, 2.45) is 0 Å². The van der Waals surface area contributed by atoms with Crippen LogP contribution in [0.2, 0.25) is 0 Å². The Morgan fingerprint density at radius 2 is 2.03 bits per heavy atom. The zero-order valence-electron chi connectivity index (χ0n) is 18.7. The van der Waals surface area contributed by atoms with E-state index in [1.165, 1.54) is 11.3 Å². The molecule has 0 radical (unpaired) electrons. The number of hydrogen-bond acceptors (Lipinski definition) is 6. The fourth-order valence-electron chi connectivity index (χ4n) is 3.80. The summed E-state index contributed by atoms with van der Waals surface area (Å²) in [7, 11) is 3.11. The minimum Gasteiger partial charge on any atom is -0.493 e. The van der Waals surface area contributed by atoms with Gasteiger partial charge in [0.2, 0.25) is 0 Å². The van der Waals surface area contributed by atoms with Crippen molar-refractivity contribution in [2.75, 3.05) is 25.7 Å². The number of imidazole rings is 1.